The Morgan fingerprint density at radius 3 is 2.28 bits per heavy atom. The zero-order valence-corrected chi connectivity index (χ0v) is 19.3. The van der Waals surface area contributed by atoms with Gasteiger partial charge in [-0.1, -0.05) is 30.3 Å². The number of benzene rings is 3. The average Bonchev–Trinajstić information content (AvgIpc) is 2.77. The number of nitrogens with zero attached hydrogens (tertiary/aromatic N) is 1. The molecule has 0 saturated heterocycles. The van der Waals surface area contributed by atoms with E-state index < -0.39 is 22.0 Å². The van der Waals surface area contributed by atoms with Crippen LogP contribution in [0, 0.1) is 0 Å². The third kappa shape index (κ3) is 5.91. The van der Waals surface area contributed by atoms with Crippen molar-refractivity contribution in [1.82, 2.24) is 5.32 Å². The van der Waals surface area contributed by atoms with Gasteiger partial charge in [-0.25, -0.2) is 8.42 Å². The molecule has 32 heavy (non-hydrogen) atoms. The van der Waals surface area contributed by atoms with Gasteiger partial charge in [-0.3, -0.25) is 9.10 Å². The van der Waals surface area contributed by atoms with Crippen LogP contribution < -0.4 is 19.1 Å². The summed E-state index contributed by atoms with van der Waals surface area (Å²) in [5.74, 6) is 0.928. The van der Waals surface area contributed by atoms with Crippen molar-refractivity contribution in [2.24, 2.45) is 0 Å². The molecule has 8 heteroatoms. The Hall–Kier alpha value is -3.26. The molecule has 3 aromatic carbocycles. The minimum atomic E-state index is -3.68. The lowest BCUT2D eigenvalue weighted by molar-refractivity contribution is -0.121. The normalized spacial score (nSPS) is 12.2. The fourth-order valence-electron chi connectivity index (χ4n) is 3.41. The first kappa shape index (κ1) is 23.4. The molecular weight excluding hydrogens is 428 g/mol. The SMILES string of the molecule is CCOc1ccc(N([C@@H](C)C(=O)NCCOc2ccc3ccccc3c2)S(C)(=O)=O)cc1. The van der Waals surface area contributed by atoms with Crippen molar-refractivity contribution in [3.63, 3.8) is 0 Å². The second kappa shape index (κ2) is 10.4. The number of hydrogen-bond donors (Lipinski definition) is 1. The van der Waals surface area contributed by atoms with Crippen molar-refractivity contribution in [2.45, 2.75) is 19.9 Å². The fraction of sp³-hybridized carbons (Fsp3) is 0.292. The largest absolute Gasteiger partial charge is 0.494 e. The van der Waals surface area contributed by atoms with Crippen LogP contribution in [0.5, 0.6) is 11.5 Å². The molecule has 0 saturated carbocycles. The molecule has 0 aliphatic carbocycles. The molecular formula is C24H28N2O5S. The Morgan fingerprint density at radius 2 is 1.62 bits per heavy atom. The van der Waals surface area contributed by atoms with Gasteiger partial charge in [0.25, 0.3) is 0 Å². The Bertz CT molecular complexity index is 1160. The molecule has 0 unspecified atom stereocenters. The Labute approximate surface area is 189 Å². The summed E-state index contributed by atoms with van der Waals surface area (Å²) in [6, 6.07) is 19.5. The van der Waals surface area contributed by atoms with Crippen LogP contribution in [-0.2, 0) is 14.8 Å². The quantitative estimate of drug-likeness (QED) is 0.471. The maximum absolute atomic E-state index is 12.7. The van der Waals surface area contributed by atoms with Gasteiger partial charge in [0.15, 0.2) is 0 Å². The second-order valence-electron chi connectivity index (χ2n) is 7.31. The number of sulfonamides is 1. The summed E-state index contributed by atoms with van der Waals surface area (Å²) >= 11 is 0. The number of anilines is 1. The highest BCUT2D eigenvalue weighted by Gasteiger charge is 2.28. The maximum Gasteiger partial charge on any atom is 0.243 e. The first-order chi connectivity index (χ1) is 15.3. The summed E-state index contributed by atoms with van der Waals surface area (Å²) < 4.78 is 37.0. The van der Waals surface area contributed by atoms with Crippen molar-refractivity contribution in [3.8, 4) is 11.5 Å². The van der Waals surface area contributed by atoms with Gasteiger partial charge in [0.1, 0.15) is 24.1 Å². The predicted molar refractivity (Wildman–Crippen MR) is 127 cm³/mol. The Morgan fingerprint density at radius 1 is 0.969 bits per heavy atom. The molecule has 0 bridgehead atoms. The van der Waals surface area contributed by atoms with Crippen molar-refractivity contribution < 1.29 is 22.7 Å². The average molecular weight is 457 g/mol. The molecule has 0 fully saturated rings. The van der Waals surface area contributed by atoms with Crippen molar-refractivity contribution in [2.75, 3.05) is 30.3 Å². The lowest BCUT2D eigenvalue weighted by Gasteiger charge is -2.28. The third-order valence-corrected chi connectivity index (χ3v) is 6.12. The van der Waals surface area contributed by atoms with Gasteiger partial charge in [-0.15, -0.1) is 0 Å². The van der Waals surface area contributed by atoms with Crippen LogP contribution in [0.15, 0.2) is 66.7 Å². The molecule has 0 radical (unpaired) electrons. The highest BCUT2D eigenvalue weighted by atomic mass is 32.2. The lowest BCUT2D eigenvalue weighted by atomic mass is 10.1. The van der Waals surface area contributed by atoms with Crippen LogP contribution in [0.25, 0.3) is 10.8 Å². The van der Waals surface area contributed by atoms with Gasteiger partial charge in [0.05, 0.1) is 25.1 Å². The van der Waals surface area contributed by atoms with Crippen LogP contribution in [0.4, 0.5) is 5.69 Å². The molecule has 1 N–H and O–H groups in total. The van der Waals surface area contributed by atoms with Crippen LogP contribution >= 0.6 is 0 Å². The Kier molecular flexibility index (Phi) is 7.58. The minimum absolute atomic E-state index is 0.247. The van der Waals surface area contributed by atoms with Crippen LogP contribution in [-0.4, -0.2) is 46.4 Å². The standard InChI is InChI=1S/C24H28N2O5S/c1-4-30-22-13-10-21(11-14-22)26(32(3,28)29)18(2)24(27)25-15-16-31-23-12-9-19-7-5-6-8-20(19)17-23/h5-14,17-18H,4,15-16H2,1-3H3,(H,25,27)/t18-/m0/s1. The molecule has 7 nitrogen and oxygen atoms in total. The van der Waals surface area contributed by atoms with E-state index in [0.29, 0.717) is 23.8 Å². The summed E-state index contributed by atoms with van der Waals surface area (Å²) in [6.45, 7) is 4.44. The molecule has 0 heterocycles. The number of hydrogen-bond acceptors (Lipinski definition) is 5. The van der Waals surface area contributed by atoms with Crippen molar-refractivity contribution in [3.05, 3.63) is 66.7 Å². The molecule has 3 aromatic rings. The molecule has 0 aromatic heterocycles. The lowest BCUT2D eigenvalue weighted by Crippen LogP contribution is -2.48. The number of amides is 1. The van der Waals surface area contributed by atoms with E-state index >= 15 is 0 Å². The maximum atomic E-state index is 12.7. The van der Waals surface area contributed by atoms with E-state index in [4.69, 9.17) is 9.47 Å². The van der Waals surface area contributed by atoms with Gasteiger partial charge in [-0.2, -0.15) is 0 Å². The predicted octanol–water partition coefficient (Wildman–Crippen LogP) is 3.59. The number of fused-ring (bicyclic) bond motifs is 1. The smallest absolute Gasteiger partial charge is 0.243 e. The summed E-state index contributed by atoms with van der Waals surface area (Å²) in [7, 11) is -3.68. The third-order valence-electron chi connectivity index (χ3n) is 4.88. The number of carbonyl (C=O) groups excluding carboxylic acids is 1. The van der Waals surface area contributed by atoms with Gasteiger partial charge in [0, 0.05) is 0 Å². The molecule has 0 spiro atoms. The fourth-order valence-corrected chi connectivity index (χ4v) is 4.59. The highest BCUT2D eigenvalue weighted by molar-refractivity contribution is 7.92. The first-order valence-corrected chi connectivity index (χ1v) is 12.3. The second-order valence-corrected chi connectivity index (χ2v) is 9.17. The molecule has 170 valence electrons. The van der Waals surface area contributed by atoms with E-state index in [1.54, 1.807) is 31.2 Å². The molecule has 1 amide bonds. The van der Waals surface area contributed by atoms with Gasteiger partial charge in [-0.05, 0) is 61.0 Å². The van der Waals surface area contributed by atoms with E-state index in [1.807, 2.05) is 49.4 Å². The molecule has 1 atom stereocenters. The summed E-state index contributed by atoms with van der Waals surface area (Å²) in [6.07, 6.45) is 1.08. The number of carbonyl (C=O) groups is 1. The van der Waals surface area contributed by atoms with Gasteiger partial charge < -0.3 is 14.8 Å². The van der Waals surface area contributed by atoms with Gasteiger partial charge in [0.2, 0.25) is 15.9 Å². The van der Waals surface area contributed by atoms with E-state index in [9.17, 15) is 13.2 Å². The molecule has 0 aliphatic heterocycles. The van der Waals surface area contributed by atoms with Crippen LogP contribution in [0.2, 0.25) is 0 Å². The summed E-state index contributed by atoms with van der Waals surface area (Å²) in [5, 5.41) is 4.94. The number of rotatable bonds is 10. The van der Waals surface area contributed by atoms with E-state index in [0.717, 1.165) is 21.3 Å². The summed E-state index contributed by atoms with van der Waals surface area (Å²) in [4.78, 5) is 12.7. The van der Waals surface area contributed by atoms with E-state index in [1.165, 1.54) is 0 Å². The minimum Gasteiger partial charge on any atom is -0.494 e. The van der Waals surface area contributed by atoms with E-state index in [2.05, 4.69) is 5.32 Å². The monoisotopic (exact) mass is 456 g/mol. The zero-order valence-electron chi connectivity index (χ0n) is 18.4. The Balaban J connectivity index is 1.59. The molecule has 0 aliphatic rings. The van der Waals surface area contributed by atoms with Crippen LogP contribution in [0.1, 0.15) is 13.8 Å². The van der Waals surface area contributed by atoms with Gasteiger partial charge >= 0.3 is 0 Å². The van der Waals surface area contributed by atoms with Crippen molar-refractivity contribution in [1.29, 1.82) is 0 Å². The molecule has 3 rings (SSSR count). The highest BCUT2D eigenvalue weighted by Crippen LogP contribution is 2.24. The topological polar surface area (TPSA) is 84.9 Å². The van der Waals surface area contributed by atoms with E-state index in [-0.39, 0.29) is 13.2 Å². The number of ether oxygens (including phenoxy) is 2. The van der Waals surface area contributed by atoms with Crippen LogP contribution in [0.3, 0.4) is 0 Å². The van der Waals surface area contributed by atoms with Crippen molar-refractivity contribution >= 4 is 32.4 Å². The summed E-state index contributed by atoms with van der Waals surface area (Å²) in [5.41, 5.74) is 0.394. The number of nitrogens with one attached hydrogen (secondary N) is 1. The zero-order chi connectivity index (χ0) is 23.1. The first-order valence-electron chi connectivity index (χ1n) is 10.4.